The van der Waals surface area contributed by atoms with E-state index in [9.17, 15) is 19.6 Å². The lowest BCUT2D eigenvalue weighted by molar-refractivity contribution is -0.890. The molecule has 8 nitrogen and oxygen atoms in total. The summed E-state index contributed by atoms with van der Waals surface area (Å²) in [7, 11) is 5.53. The predicted octanol–water partition coefficient (Wildman–Crippen LogP) is -0.00690. The number of benzene rings is 1. The number of para-hydroxylation sites is 1. The van der Waals surface area contributed by atoms with Crippen molar-refractivity contribution in [3.8, 4) is 0 Å². The standard InChI is InChI=1S/C23H35N3O5.HI/c1-26(2,19-11-9-17-25(30)22(28)15-16-23(29)31-3)18-10-5-8-14-21(27)24-20-12-6-4-7-13-20;/h4,6-7,12-13,15-16,30H,5,8-11,14,17-19H2,1-3H3;1H/b16-15+;. The first-order chi connectivity index (χ1) is 14.7. The molecule has 0 aliphatic carbocycles. The Morgan fingerprint density at radius 2 is 1.62 bits per heavy atom. The summed E-state index contributed by atoms with van der Waals surface area (Å²) >= 11 is 0. The summed E-state index contributed by atoms with van der Waals surface area (Å²) in [6.07, 6.45) is 6.91. The van der Waals surface area contributed by atoms with E-state index in [1.165, 1.54) is 7.11 Å². The molecule has 0 aliphatic rings. The monoisotopic (exact) mass is 561 g/mol. The Balaban J connectivity index is 0.00000961. The van der Waals surface area contributed by atoms with Crippen LogP contribution in [0.4, 0.5) is 5.69 Å². The number of nitrogens with one attached hydrogen (secondary N) is 1. The SMILES string of the molecule is COC(=O)/C=C/C(=O)N(O)CCCC[N+](C)(C)CCCCCC(=O)Nc1ccccc1.[I-]. The topological polar surface area (TPSA) is 95.9 Å². The van der Waals surface area contributed by atoms with E-state index < -0.39 is 11.9 Å². The summed E-state index contributed by atoms with van der Waals surface area (Å²) in [5.41, 5.74) is 0.827. The van der Waals surface area contributed by atoms with Gasteiger partial charge in [0, 0.05) is 30.8 Å². The first-order valence-corrected chi connectivity index (χ1v) is 10.7. The summed E-state index contributed by atoms with van der Waals surface area (Å²) < 4.78 is 5.24. The highest BCUT2D eigenvalue weighted by atomic mass is 127. The van der Waals surface area contributed by atoms with Crippen molar-refractivity contribution < 1.29 is 52.8 Å². The van der Waals surface area contributed by atoms with Crippen LogP contribution in [0.3, 0.4) is 0 Å². The van der Waals surface area contributed by atoms with Crippen LogP contribution in [0.1, 0.15) is 38.5 Å². The molecule has 0 atom stereocenters. The molecule has 2 amide bonds. The summed E-state index contributed by atoms with van der Waals surface area (Å²) in [5, 5.41) is 13.2. The number of amides is 2. The quantitative estimate of drug-likeness (QED) is 0.0634. The molecule has 1 rings (SSSR count). The van der Waals surface area contributed by atoms with Crippen LogP contribution in [0.2, 0.25) is 0 Å². The van der Waals surface area contributed by atoms with Crippen LogP contribution in [0.25, 0.3) is 0 Å². The molecular weight excluding hydrogens is 525 g/mol. The highest BCUT2D eigenvalue weighted by Gasteiger charge is 2.15. The van der Waals surface area contributed by atoms with Crippen LogP contribution in [-0.4, -0.2) is 73.4 Å². The van der Waals surface area contributed by atoms with Gasteiger partial charge < -0.3 is 38.5 Å². The fraction of sp³-hybridized carbons (Fsp3) is 0.522. The number of ether oxygens (including phenoxy) is 1. The number of hydrogen-bond acceptors (Lipinski definition) is 5. The minimum atomic E-state index is -0.643. The van der Waals surface area contributed by atoms with E-state index in [-0.39, 0.29) is 36.4 Å². The number of hydrogen-bond donors (Lipinski definition) is 2. The summed E-state index contributed by atoms with van der Waals surface area (Å²) in [5.74, 6) is -1.24. The summed E-state index contributed by atoms with van der Waals surface area (Å²) in [6, 6.07) is 9.47. The van der Waals surface area contributed by atoms with E-state index in [0.29, 0.717) is 17.9 Å². The highest BCUT2D eigenvalue weighted by Crippen LogP contribution is 2.10. The van der Waals surface area contributed by atoms with Crippen molar-refractivity contribution in [3.05, 3.63) is 42.5 Å². The van der Waals surface area contributed by atoms with Gasteiger partial charge >= 0.3 is 5.97 Å². The van der Waals surface area contributed by atoms with Crippen molar-refractivity contribution in [1.82, 2.24) is 5.06 Å². The van der Waals surface area contributed by atoms with Gasteiger partial charge in [0.05, 0.1) is 34.3 Å². The maximum atomic E-state index is 11.9. The molecule has 1 aromatic rings. The minimum Gasteiger partial charge on any atom is -1.00 e. The van der Waals surface area contributed by atoms with E-state index in [1.54, 1.807) is 0 Å². The molecule has 0 fully saturated rings. The van der Waals surface area contributed by atoms with Crippen LogP contribution < -0.4 is 29.3 Å². The highest BCUT2D eigenvalue weighted by molar-refractivity contribution is 5.94. The second-order valence-electron chi connectivity index (χ2n) is 8.13. The van der Waals surface area contributed by atoms with Crippen molar-refractivity contribution >= 4 is 23.5 Å². The van der Waals surface area contributed by atoms with Crippen LogP contribution in [0, 0.1) is 0 Å². The predicted molar refractivity (Wildman–Crippen MR) is 119 cm³/mol. The van der Waals surface area contributed by atoms with Crippen molar-refractivity contribution in [2.24, 2.45) is 0 Å². The second kappa shape index (κ2) is 16.6. The average Bonchev–Trinajstić information content (AvgIpc) is 2.74. The number of hydroxylamine groups is 2. The molecular formula is C23H36IN3O5. The number of methoxy groups -OCH3 is 1. The van der Waals surface area contributed by atoms with Crippen LogP contribution in [-0.2, 0) is 19.1 Å². The third kappa shape index (κ3) is 14.2. The lowest BCUT2D eigenvalue weighted by atomic mass is 10.1. The van der Waals surface area contributed by atoms with Gasteiger partial charge in [0.15, 0.2) is 0 Å². The Labute approximate surface area is 208 Å². The molecule has 0 saturated carbocycles. The molecule has 0 spiro atoms. The maximum Gasteiger partial charge on any atom is 0.330 e. The molecule has 9 heteroatoms. The normalized spacial score (nSPS) is 11.0. The smallest absolute Gasteiger partial charge is 0.330 e. The van der Waals surface area contributed by atoms with E-state index in [2.05, 4.69) is 24.1 Å². The number of nitrogens with zero attached hydrogens (tertiary/aromatic N) is 2. The van der Waals surface area contributed by atoms with Crippen LogP contribution in [0.5, 0.6) is 0 Å². The van der Waals surface area contributed by atoms with Crippen molar-refractivity contribution in [3.63, 3.8) is 0 Å². The third-order valence-electron chi connectivity index (χ3n) is 4.93. The Hall–Kier alpha value is -1.98. The number of carbonyl (C=O) groups excluding carboxylic acids is 3. The van der Waals surface area contributed by atoms with Gasteiger partial charge in [-0.1, -0.05) is 18.2 Å². The van der Waals surface area contributed by atoms with Gasteiger partial charge in [-0.25, -0.2) is 9.86 Å². The molecule has 0 bridgehead atoms. The Morgan fingerprint density at radius 1 is 1.00 bits per heavy atom. The third-order valence-corrected chi connectivity index (χ3v) is 4.93. The van der Waals surface area contributed by atoms with E-state index >= 15 is 0 Å². The number of carbonyl (C=O) groups is 3. The number of anilines is 1. The van der Waals surface area contributed by atoms with Crippen molar-refractivity contribution in [2.45, 2.75) is 38.5 Å². The van der Waals surface area contributed by atoms with Crippen molar-refractivity contribution in [1.29, 1.82) is 0 Å². The van der Waals surface area contributed by atoms with Gasteiger partial charge in [0.2, 0.25) is 5.91 Å². The van der Waals surface area contributed by atoms with Crippen LogP contribution >= 0.6 is 0 Å². The molecule has 0 radical (unpaired) electrons. The lowest BCUT2D eigenvalue weighted by Crippen LogP contribution is -3.00. The Morgan fingerprint density at radius 3 is 2.25 bits per heavy atom. The number of unbranched alkanes of at least 4 members (excludes halogenated alkanes) is 3. The van der Waals surface area contributed by atoms with Gasteiger partial charge in [-0.3, -0.25) is 14.8 Å². The van der Waals surface area contributed by atoms with Gasteiger partial charge in [-0.2, -0.15) is 0 Å². The Bertz CT molecular complexity index is 726. The zero-order valence-electron chi connectivity index (χ0n) is 19.3. The molecule has 0 aromatic heterocycles. The fourth-order valence-corrected chi connectivity index (χ4v) is 3.06. The largest absolute Gasteiger partial charge is 1.00 e. The number of halogens is 1. The molecule has 0 unspecified atom stereocenters. The Kier molecular flexibility index (Phi) is 15.6. The number of rotatable bonds is 14. The molecule has 0 aliphatic heterocycles. The van der Waals surface area contributed by atoms with E-state index in [0.717, 1.165) is 61.1 Å². The first kappa shape index (κ1) is 30.0. The molecule has 1 aromatic carbocycles. The van der Waals surface area contributed by atoms with Gasteiger partial charge in [0.1, 0.15) is 0 Å². The van der Waals surface area contributed by atoms with Crippen molar-refractivity contribution in [2.75, 3.05) is 46.2 Å². The number of esters is 1. The van der Waals surface area contributed by atoms with Gasteiger partial charge in [-0.05, 0) is 44.2 Å². The second-order valence-corrected chi connectivity index (χ2v) is 8.13. The summed E-state index contributed by atoms with van der Waals surface area (Å²) in [6.45, 7) is 2.14. The van der Waals surface area contributed by atoms with Gasteiger partial charge in [-0.15, -0.1) is 0 Å². The molecule has 0 heterocycles. The molecule has 2 N–H and O–H groups in total. The van der Waals surface area contributed by atoms with Gasteiger partial charge in [0.25, 0.3) is 5.91 Å². The first-order valence-electron chi connectivity index (χ1n) is 10.7. The van der Waals surface area contributed by atoms with E-state index in [4.69, 9.17) is 0 Å². The average molecular weight is 561 g/mol. The van der Waals surface area contributed by atoms with E-state index in [1.807, 2.05) is 30.3 Å². The summed E-state index contributed by atoms with van der Waals surface area (Å²) in [4.78, 5) is 34.6. The molecule has 32 heavy (non-hydrogen) atoms. The molecule has 180 valence electrons. The zero-order valence-corrected chi connectivity index (χ0v) is 21.4. The lowest BCUT2D eigenvalue weighted by Gasteiger charge is -2.30. The molecule has 0 saturated heterocycles. The minimum absolute atomic E-state index is 0. The maximum absolute atomic E-state index is 11.9. The van der Waals surface area contributed by atoms with Crippen LogP contribution in [0.15, 0.2) is 42.5 Å². The zero-order chi connectivity index (χ0) is 23.1. The fourth-order valence-electron chi connectivity index (χ4n) is 3.06. The number of quaternary nitrogens is 1.